The summed E-state index contributed by atoms with van der Waals surface area (Å²) >= 11 is 0. The van der Waals surface area contributed by atoms with Gasteiger partial charge in [0.2, 0.25) is 5.95 Å². The molecule has 2 aliphatic rings. The molecule has 0 amide bonds. The van der Waals surface area contributed by atoms with E-state index >= 15 is 0 Å². The molecular weight excluding hydrogens is 462 g/mol. The van der Waals surface area contributed by atoms with Gasteiger partial charge >= 0.3 is 0 Å². The highest BCUT2D eigenvalue weighted by Crippen LogP contribution is 2.28. The first-order valence-electron chi connectivity index (χ1n) is 12.1. The van der Waals surface area contributed by atoms with E-state index in [1.54, 1.807) is 0 Å². The van der Waals surface area contributed by atoms with E-state index in [-0.39, 0.29) is 11.5 Å². The number of piperidine rings is 1. The molecule has 5 rings (SSSR count). The number of fused-ring (bicyclic) bond motifs is 1. The summed E-state index contributed by atoms with van der Waals surface area (Å²) in [5.41, 5.74) is 1.92. The highest BCUT2D eigenvalue weighted by atomic mass is 16.5. The minimum Gasteiger partial charge on any atom is -0.372 e. The number of aromatic amines is 1. The molecule has 36 heavy (non-hydrogen) atoms. The van der Waals surface area contributed by atoms with Crippen molar-refractivity contribution in [1.29, 1.82) is 5.26 Å². The van der Waals surface area contributed by atoms with Crippen molar-refractivity contribution in [2.45, 2.75) is 19.1 Å². The second-order valence-electron chi connectivity index (χ2n) is 9.16. The highest BCUT2D eigenvalue weighted by Gasteiger charge is 2.24. The summed E-state index contributed by atoms with van der Waals surface area (Å²) < 4.78 is 0. The van der Waals surface area contributed by atoms with Gasteiger partial charge < -0.3 is 25.3 Å². The number of benzene rings is 1. The minimum absolute atomic E-state index is 0.0793. The molecule has 1 aromatic carbocycles. The van der Waals surface area contributed by atoms with Crippen molar-refractivity contribution >= 4 is 34.0 Å². The maximum Gasteiger partial charge on any atom is 0.277 e. The number of H-pyrrole nitrogens is 1. The van der Waals surface area contributed by atoms with Gasteiger partial charge in [-0.3, -0.25) is 9.69 Å². The molecule has 2 aromatic heterocycles. The van der Waals surface area contributed by atoms with Crippen LogP contribution < -0.4 is 20.7 Å². The van der Waals surface area contributed by atoms with E-state index in [0.717, 1.165) is 50.4 Å². The molecule has 188 valence electrons. The Morgan fingerprint density at radius 1 is 1.06 bits per heavy atom. The van der Waals surface area contributed by atoms with Gasteiger partial charge in [-0.1, -0.05) is 0 Å². The van der Waals surface area contributed by atoms with Crippen LogP contribution in [0.2, 0.25) is 0 Å². The molecule has 0 atom stereocenters. The number of aliphatic hydroxyl groups excluding tert-OH is 1. The average molecular weight is 492 g/mol. The number of hydrogen-bond acceptors (Lipinski definition) is 11. The average Bonchev–Trinajstić information content (AvgIpc) is 2.90. The summed E-state index contributed by atoms with van der Waals surface area (Å²) in [6.07, 6.45) is 1.73. The Morgan fingerprint density at radius 2 is 1.78 bits per heavy atom. The number of aromatic nitrogens is 4. The minimum atomic E-state index is -1.26. The summed E-state index contributed by atoms with van der Waals surface area (Å²) in [6, 6.07) is 10.1. The van der Waals surface area contributed by atoms with E-state index < -0.39 is 6.29 Å². The van der Waals surface area contributed by atoms with Crippen molar-refractivity contribution in [3.05, 3.63) is 40.8 Å². The lowest BCUT2D eigenvalue weighted by Gasteiger charge is -2.34. The van der Waals surface area contributed by atoms with Crippen molar-refractivity contribution in [3.8, 4) is 6.07 Å². The van der Waals surface area contributed by atoms with Gasteiger partial charge in [0.15, 0.2) is 6.29 Å². The second-order valence-corrected chi connectivity index (χ2v) is 9.16. The lowest BCUT2D eigenvalue weighted by atomic mass is 9.96. The Balaban J connectivity index is 1.36. The standard InChI is InChI=1S/C24H29N9O3/c25-7-10-31-11-13-33(14-12-31)24-28-19-15-26-30-22(34)20(19)21(29-24)27-17-1-3-18(4-2-17)32-8-5-16(6-9-32)23(35)36/h1-4,15-16,23,35-36H,5-6,8-14H2,(H,30,34)(H,27,28,29). The van der Waals surface area contributed by atoms with E-state index in [2.05, 4.69) is 41.3 Å². The summed E-state index contributed by atoms with van der Waals surface area (Å²) in [4.78, 5) is 28.3. The molecule has 3 aromatic rings. The zero-order chi connectivity index (χ0) is 25.1. The van der Waals surface area contributed by atoms with Crippen LogP contribution in [-0.2, 0) is 0 Å². The normalized spacial score (nSPS) is 17.5. The van der Waals surface area contributed by atoms with Gasteiger partial charge in [-0.2, -0.15) is 15.3 Å². The van der Waals surface area contributed by atoms with Crippen LogP contribution in [0.4, 0.5) is 23.1 Å². The van der Waals surface area contributed by atoms with E-state index in [1.165, 1.54) is 6.20 Å². The van der Waals surface area contributed by atoms with E-state index in [9.17, 15) is 15.0 Å². The Morgan fingerprint density at radius 3 is 2.44 bits per heavy atom. The Bertz CT molecular complexity index is 1290. The topological polar surface area (TPSA) is 158 Å². The first kappa shape index (κ1) is 23.9. The molecule has 4 N–H and O–H groups in total. The Hall–Kier alpha value is -3.79. The largest absolute Gasteiger partial charge is 0.372 e. The van der Waals surface area contributed by atoms with Crippen LogP contribution in [0.1, 0.15) is 12.8 Å². The number of aliphatic hydroxyl groups is 2. The van der Waals surface area contributed by atoms with E-state index in [1.807, 2.05) is 24.3 Å². The van der Waals surface area contributed by atoms with Crippen LogP contribution in [0.5, 0.6) is 0 Å². The number of rotatable bonds is 6. The number of anilines is 4. The van der Waals surface area contributed by atoms with Crippen LogP contribution in [0, 0.1) is 17.2 Å². The second kappa shape index (κ2) is 10.4. The first-order chi connectivity index (χ1) is 17.5. The molecular formula is C24H29N9O3. The van der Waals surface area contributed by atoms with Crippen LogP contribution in [0.15, 0.2) is 35.3 Å². The molecule has 0 saturated carbocycles. The SMILES string of the molecule is N#CCN1CCN(c2nc(Nc3ccc(N4CCC(C(O)O)CC4)cc3)c3c(=O)[nH]ncc3n2)CC1. The predicted octanol–water partition coefficient (Wildman–Crippen LogP) is 0.629. The summed E-state index contributed by atoms with van der Waals surface area (Å²) in [6.45, 7) is 4.76. The zero-order valence-corrected chi connectivity index (χ0v) is 19.8. The fraction of sp³-hybridized carbons (Fsp3) is 0.458. The first-order valence-corrected chi connectivity index (χ1v) is 12.1. The fourth-order valence-electron chi connectivity index (χ4n) is 4.78. The van der Waals surface area contributed by atoms with Crippen LogP contribution in [-0.4, -0.2) is 87.4 Å². The smallest absolute Gasteiger partial charge is 0.277 e. The molecule has 0 bridgehead atoms. The molecule has 4 heterocycles. The van der Waals surface area contributed by atoms with Gasteiger partial charge in [0.25, 0.3) is 5.56 Å². The summed E-state index contributed by atoms with van der Waals surface area (Å²) in [5.74, 6) is 0.840. The van der Waals surface area contributed by atoms with Gasteiger partial charge in [-0.15, -0.1) is 0 Å². The van der Waals surface area contributed by atoms with Crippen LogP contribution in [0.3, 0.4) is 0 Å². The Labute approximate surface area is 207 Å². The molecule has 2 aliphatic heterocycles. The molecule has 0 spiro atoms. The summed E-state index contributed by atoms with van der Waals surface area (Å²) in [5, 5.41) is 37.8. The van der Waals surface area contributed by atoms with Crippen molar-refractivity contribution < 1.29 is 10.2 Å². The number of nitriles is 1. The van der Waals surface area contributed by atoms with Crippen LogP contribution >= 0.6 is 0 Å². The molecule has 0 radical (unpaired) electrons. The van der Waals surface area contributed by atoms with Gasteiger partial charge in [-0.25, -0.2) is 10.1 Å². The maximum absolute atomic E-state index is 12.6. The van der Waals surface area contributed by atoms with Crippen molar-refractivity contribution in [1.82, 2.24) is 25.1 Å². The van der Waals surface area contributed by atoms with Crippen LogP contribution in [0.25, 0.3) is 10.9 Å². The summed E-state index contributed by atoms with van der Waals surface area (Å²) in [7, 11) is 0. The van der Waals surface area contributed by atoms with Gasteiger partial charge in [0, 0.05) is 56.6 Å². The molecule has 0 aliphatic carbocycles. The van der Waals surface area contributed by atoms with Crippen molar-refractivity contribution in [3.63, 3.8) is 0 Å². The van der Waals surface area contributed by atoms with Gasteiger partial charge in [0.1, 0.15) is 16.7 Å². The van der Waals surface area contributed by atoms with E-state index in [0.29, 0.717) is 42.3 Å². The molecule has 2 saturated heterocycles. The Kier molecular flexibility index (Phi) is 6.95. The van der Waals surface area contributed by atoms with Crippen molar-refractivity contribution in [2.75, 3.05) is 60.9 Å². The van der Waals surface area contributed by atoms with Gasteiger partial charge in [0.05, 0.1) is 18.8 Å². The molecule has 12 nitrogen and oxygen atoms in total. The fourth-order valence-corrected chi connectivity index (χ4v) is 4.78. The quantitative estimate of drug-likeness (QED) is 0.283. The molecule has 2 fully saturated rings. The zero-order valence-electron chi connectivity index (χ0n) is 19.8. The highest BCUT2D eigenvalue weighted by molar-refractivity contribution is 5.90. The maximum atomic E-state index is 12.6. The third-order valence-corrected chi connectivity index (χ3v) is 6.91. The van der Waals surface area contributed by atoms with E-state index in [4.69, 9.17) is 10.2 Å². The number of nitrogens with zero attached hydrogens (tertiary/aromatic N) is 7. The number of piperazine rings is 1. The molecule has 0 unspecified atom stereocenters. The number of hydrogen-bond donors (Lipinski definition) is 4. The van der Waals surface area contributed by atoms with Gasteiger partial charge in [-0.05, 0) is 37.1 Å². The predicted molar refractivity (Wildman–Crippen MR) is 135 cm³/mol. The van der Waals surface area contributed by atoms with Crippen molar-refractivity contribution in [2.24, 2.45) is 5.92 Å². The third-order valence-electron chi connectivity index (χ3n) is 6.91. The number of nitrogens with one attached hydrogen (secondary N) is 2. The molecule has 12 heteroatoms. The lowest BCUT2D eigenvalue weighted by molar-refractivity contribution is -0.0893. The lowest BCUT2D eigenvalue weighted by Crippen LogP contribution is -2.47. The third kappa shape index (κ3) is 5.08. The monoisotopic (exact) mass is 491 g/mol.